The molecule has 0 spiro atoms. The van der Waals surface area contributed by atoms with Crippen LogP contribution in [0.1, 0.15) is 290 Å². The highest BCUT2D eigenvalue weighted by Crippen LogP contribution is 2.38. The molecule has 0 rings (SSSR count). The fraction of sp³-hybridized carbons (Fsp3) is 0.707. The Balaban J connectivity index is 5.18. The lowest BCUT2D eigenvalue weighted by atomic mass is 10.0. The summed E-state index contributed by atoms with van der Waals surface area (Å²) in [5.41, 5.74) is 0. The molecule has 0 saturated heterocycles. The summed E-state index contributed by atoms with van der Waals surface area (Å²) in [6.07, 6.45) is 89.1. The summed E-state index contributed by atoms with van der Waals surface area (Å²) in [4.78, 5) is 40.1. The number of ether oxygens (including phenoxy) is 1. The molecule has 0 aromatic heterocycles. The van der Waals surface area contributed by atoms with E-state index in [-0.39, 0.29) is 18.9 Å². The Labute approximate surface area is 524 Å². The average molecular weight is 1200 g/mol. The number of likely N-dealkylation sites (N-methyl/N-ethyl adjacent to an activating group) is 1. The van der Waals surface area contributed by atoms with E-state index in [1.54, 1.807) is 0 Å². The molecule has 0 aliphatic rings. The lowest BCUT2D eigenvalue weighted by molar-refractivity contribution is -0.870. The molecule has 85 heavy (non-hydrogen) atoms. The van der Waals surface area contributed by atoms with E-state index in [1.165, 1.54) is 154 Å². The average Bonchev–Trinajstić information content (AvgIpc) is 3.50. The van der Waals surface area contributed by atoms with E-state index in [2.05, 4.69) is 129 Å². The Morgan fingerprint density at radius 1 is 0.424 bits per heavy atom. The van der Waals surface area contributed by atoms with Crippen molar-refractivity contribution in [1.82, 2.24) is 5.32 Å². The van der Waals surface area contributed by atoms with Gasteiger partial charge in [0, 0.05) is 12.8 Å². The molecule has 1 N–H and O–H groups in total. The van der Waals surface area contributed by atoms with Gasteiger partial charge in [0.05, 0.1) is 33.8 Å². The number of quaternary nitrogens is 1. The number of allylic oxidation sites excluding steroid dienone is 19. The predicted octanol–water partition coefficient (Wildman–Crippen LogP) is 21.6. The monoisotopic (exact) mass is 1200 g/mol. The molecule has 0 aromatic rings. The number of amides is 1. The maximum absolute atomic E-state index is 13.6. The van der Waals surface area contributed by atoms with E-state index in [4.69, 9.17) is 13.8 Å². The molecule has 9 nitrogen and oxygen atoms in total. The first-order chi connectivity index (χ1) is 41.4. The summed E-state index contributed by atoms with van der Waals surface area (Å²) in [7, 11) is 1.14. The van der Waals surface area contributed by atoms with E-state index in [9.17, 15) is 19.0 Å². The first-order valence-electron chi connectivity index (χ1n) is 34.8. The van der Waals surface area contributed by atoms with Gasteiger partial charge in [-0.2, -0.15) is 0 Å². The zero-order valence-corrected chi connectivity index (χ0v) is 56.7. The number of phosphoric ester groups is 1. The lowest BCUT2D eigenvalue weighted by Crippen LogP contribution is -2.47. The summed E-state index contributed by atoms with van der Waals surface area (Å²) in [6, 6.07) is -0.928. The second kappa shape index (κ2) is 63.4. The van der Waals surface area contributed by atoms with Gasteiger partial charge in [0.1, 0.15) is 19.3 Å². The second-order valence-electron chi connectivity index (χ2n) is 24.3. The summed E-state index contributed by atoms with van der Waals surface area (Å²) in [5.74, 6) is -0.640. The third-order valence-electron chi connectivity index (χ3n) is 14.9. The molecule has 0 aliphatic carbocycles. The van der Waals surface area contributed by atoms with Crippen LogP contribution < -0.4 is 10.2 Å². The summed E-state index contributed by atoms with van der Waals surface area (Å²) in [6.45, 7) is 6.66. The number of nitrogens with zero attached hydrogens (tertiary/aromatic N) is 1. The van der Waals surface area contributed by atoms with Gasteiger partial charge in [0.15, 0.2) is 0 Å². The molecule has 1 amide bonds. The van der Waals surface area contributed by atoms with E-state index >= 15 is 0 Å². The van der Waals surface area contributed by atoms with Gasteiger partial charge in [-0.05, 0) is 109 Å². The third-order valence-corrected chi connectivity index (χ3v) is 15.9. The van der Waals surface area contributed by atoms with Crippen molar-refractivity contribution in [2.75, 3.05) is 40.9 Å². The number of phosphoric acid groups is 1. The van der Waals surface area contributed by atoms with E-state index in [0.29, 0.717) is 23.9 Å². The van der Waals surface area contributed by atoms with Crippen molar-refractivity contribution in [3.8, 4) is 0 Å². The van der Waals surface area contributed by atoms with E-state index < -0.39 is 32.5 Å². The fourth-order valence-electron chi connectivity index (χ4n) is 9.56. The van der Waals surface area contributed by atoms with Crippen molar-refractivity contribution < 1.29 is 37.3 Å². The van der Waals surface area contributed by atoms with Crippen LogP contribution in [-0.4, -0.2) is 69.4 Å². The Morgan fingerprint density at radius 2 is 0.765 bits per heavy atom. The van der Waals surface area contributed by atoms with E-state index in [0.717, 1.165) is 96.3 Å². The van der Waals surface area contributed by atoms with Crippen LogP contribution in [0, 0.1) is 0 Å². The summed E-state index contributed by atoms with van der Waals surface area (Å²) < 4.78 is 30.3. The smallest absolute Gasteiger partial charge is 0.306 e. The van der Waals surface area contributed by atoms with Gasteiger partial charge in [0.25, 0.3) is 7.82 Å². The van der Waals surface area contributed by atoms with Gasteiger partial charge >= 0.3 is 5.97 Å². The summed E-state index contributed by atoms with van der Waals surface area (Å²) >= 11 is 0. The number of carbonyl (C=O) groups excluding carboxylic acids is 2. The standard InChI is InChI=1S/C75H131N2O7P/c1-7-10-13-16-19-22-25-28-30-32-34-35-36-37-38-39-40-41-43-44-46-49-52-55-58-61-64-67-74(78)76-72(71-83-85(80,81)82-70-69-77(4,5)6)73(66-63-60-57-54-51-48-27-24-21-18-15-12-9-3)84-75(79)68-65-62-59-56-53-50-47-45-42-33-31-29-26-23-20-17-14-11-8-2/h11,14,19-20,22-23,28-31,34-35,42,45,50,53,59,62-63,66,72-73H,7-10,12-13,15-18,21,24-27,32-33,36-41,43-44,46-49,51-52,54-58,60-61,64-65,67-71H2,1-6H3,(H-,76,78,80,81)/b14-11-,22-19-,23-20-,30-28-,31-29-,35-34-,45-42-,53-50-,62-59-,66-63-. The van der Waals surface area contributed by atoms with E-state index in [1.807, 2.05) is 39.4 Å². The SMILES string of the molecule is CC/C=C\C/C=C\C/C=C\C/C=C\C/C=C\C/C=C\CCC(=O)OC(/C=C\CCCCCCCCCCCCC)C(COP(=O)([O-])OCC[N+](C)(C)C)NC(=O)CCCCCCCCCCCCCCCC/C=C\C/C=C\C/C=C\CCCCC. The van der Waals surface area contributed by atoms with Gasteiger partial charge in [-0.1, -0.05) is 290 Å². The Bertz CT molecular complexity index is 1870. The molecular weight excluding hydrogens is 1070 g/mol. The zero-order valence-electron chi connectivity index (χ0n) is 55.8. The van der Waals surface area contributed by atoms with Gasteiger partial charge in [-0.25, -0.2) is 0 Å². The Hall–Kier alpha value is -3.59. The maximum atomic E-state index is 13.6. The highest BCUT2D eigenvalue weighted by atomic mass is 31.2. The van der Waals surface area contributed by atoms with Crippen LogP contribution in [0.4, 0.5) is 0 Å². The van der Waals surface area contributed by atoms with Crippen molar-refractivity contribution >= 4 is 19.7 Å². The number of rotatable bonds is 62. The number of carbonyl (C=O) groups is 2. The number of hydrogen-bond donors (Lipinski definition) is 1. The van der Waals surface area contributed by atoms with Crippen LogP contribution in [0.15, 0.2) is 122 Å². The molecule has 0 saturated carbocycles. The fourth-order valence-corrected chi connectivity index (χ4v) is 10.3. The first-order valence-corrected chi connectivity index (χ1v) is 36.3. The molecule has 0 bridgehead atoms. The minimum atomic E-state index is -4.73. The van der Waals surface area contributed by atoms with Crippen molar-refractivity contribution in [1.29, 1.82) is 0 Å². The van der Waals surface area contributed by atoms with Crippen LogP contribution in [0.2, 0.25) is 0 Å². The minimum Gasteiger partial charge on any atom is -0.756 e. The van der Waals surface area contributed by atoms with Crippen molar-refractivity contribution in [3.05, 3.63) is 122 Å². The largest absolute Gasteiger partial charge is 0.756 e. The maximum Gasteiger partial charge on any atom is 0.306 e. The van der Waals surface area contributed by atoms with Crippen molar-refractivity contribution in [2.45, 2.75) is 303 Å². The van der Waals surface area contributed by atoms with Gasteiger partial charge in [-0.3, -0.25) is 14.2 Å². The molecule has 3 atom stereocenters. The van der Waals surface area contributed by atoms with Crippen LogP contribution in [-0.2, 0) is 27.9 Å². The lowest BCUT2D eigenvalue weighted by Gasteiger charge is -2.30. The number of hydrogen-bond acceptors (Lipinski definition) is 7. The minimum absolute atomic E-state index is 0.0387. The predicted molar refractivity (Wildman–Crippen MR) is 367 cm³/mol. The van der Waals surface area contributed by atoms with Gasteiger partial charge in [-0.15, -0.1) is 0 Å². The normalized spacial score (nSPS) is 14.3. The second-order valence-corrected chi connectivity index (χ2v) is 25.7. The van der Waals surface area contributed by atoms with Crippen LogP contribution in [0.5, 0.6) is 0 Å². The van der Waals surface area contributed by atoms with Crippen molar-refractivity contribution in [2.24, 2.45) is 0 Å². The third kappa shape index (κ3) is 64.7. The molecule has 488 valence electrons. The molecule has 10 heteroatoms. The van der Waals surface area contributed by atoms with Gasteiger partial charge < -0.3 is 28.5 Å². The quantitative estimate of drug-likeness (QED) is 0.0212. The summed E-state index contributed by atoms with van der Waals surface area (Å²) in [5, 5.41) is 3.02. The van der Waals surface area contributed by atoms with Crippen molar-refractivity contribution in [3.63, 3.8) is 0 Å². The topological polar surface area (TPSA) is 114 Å². The van der Waals surface area contributed by atoms with Crippen LogP contribution in [0.25, 0.3) is 0 Å². The Kier molecular flexibility index (Phi) is 60.8. The van der Waals surface area contributed by atoms with Crippen LogP contribution in [0.3, 0.4) is 0 Å². The molecule has 0 fully saturated rings. The molecule has 0 radical (unpaired) electrons. The Morgan fingerprint density at radius 3 is 1.18 bits per heavy atom. The molecule has 0 heterocycles. The molecule has 3 unspecified atom stereocenters. The van der Waals surface area contributed by atoms with Crippen LogP contribution >= 0.6 is 7.82 Å². The first kappa shape index (κ1) is 81.4. The highest BCUT2D eigenvalue weighted by molar-refractivity contribution is 7.45. The molecular formula is C75H131N2O7P. The highest BCUT2D eigenvalue weighted by Gasteiger charge is 2.27. The molecule has 0 aliphatic heterocycles. The number of unbranched alkanes of at least 4 members (excludes halogenated alkanes) is 28. The number of esters is 1. The zero-order chi connectivity index (χ0) is 62.1. The molecule has 0 aromatic carbocycles. The van der Waals surface area contributed by atoms with Gasteiger partial charge in [0.2, 0.25) is 5.91 Å². The number of nitrogens with one attached hydrogen (secondary N) is 1.